The van der Waals surface area contributed by atoms with Gasteiger partial charge in [-0.05, 0) is 13.3 Å². The van der Waals surface area contributed by atoms with E-state index in [0.29, 0.717) is 26.2 Å². The molecule has 0 aromatic carbocycles. The quantitative estimate of drug-likeness (QED) is 0.762. The van der Waals surface area contributed by atoms with Crippen LogP contribution in [0.5, 0.6) is 0 Å². The van der Waals surface area contributed by atoms with Crippen LogP contribution in [0.15, 0.2) is 0 Å². The Morgan fingerprint density at radius 1 is 1.59 bits per heavy atom. The Balaban J connectivity index is 2.53. The van der Waals surface area contributed by atoms with Crippen LogP contribution >= 0.6 is 0 Å². The third kappa shape index (κ3) is 3.89. The lowest BCUT2D eigenvalue weighted by atomic mass is 10.1. The Morgan fingerprint density at radius 2 is 2.29 bits per heavy atom. The molecular formula is C11H20N2O4. The van der Waals surface area contributed by atoms with Crippen molar-refractivity contribution in [2.45, 2.75) is 38.8 Å². The molecule has 0 aromatic heterocycles. The summed E-state index contributed by atoms with van der Waals surface area (Å²) in [5.74, 6) is -0.985. The Morgan fingerprint density at radius 3 is 2.82 bits per heavy atom. The predicted molar refractivity (Wildman–Crippen MR) is 61.9 cm³/mol. The van der Waals surface area contributed by atoms with E-state index in [2.05, 4.69) is 5.32 Å². The maximum absolute atomic E-state index is 11.9. The Kier molecular flexibility index (Phi) is 5.21. The van der Waals surface area contributed by atoms with Gasteiger partial charge in [-0.15, -0.1) is 0 Å². The number of nitrogens with zero attached hydrogens (tertiary/aromatic N) is 1. The molecular weight excluding hydrogens is 224 g/mol. The van der Waals surface area contributed by atoms with Crippen molar-refractivity contribution in [1.82, 2.24) is 10.2 Å². The zero-order chi connectivity index (χ0) is 12.8. The molecule has 1 aliphatic heterocycles. The summed E-state index contributed by atoms with van der Waals surface area (Å²) in [6.45, 7) is 5.28. The number of carboxylic acid groups (broad SMARTS) is 1. The van der Waals surface area contributed by atoms with Gasteiger partial charge in [-0.3, -0.25) is 0 Å². The van der Waals surface area contributed by atoms with Crippen LogP contribution in [0.1, 0.15) is 26.7 Å². The molecule has 17 heavy (non-hydrogen) atoms. The van der Waals surface area contributed by atoms with Gasteiger partial charge in [0.15, 0.2) is 0 Å². The molecule has 0 spiro atoms. The van der Waals surface area contributed by atoms with Gasteiger partial charge in [-0.2, -0.15) is 0 Å². The van der Waals surface area contributed by atoms with Crippen molar-refractivity contribution in [3.63, 3.8) is 0 Å². The minimum absolute atomic E-state index is 0.0141. The summed E-state index contributed by atoms with van der Waals surface area (Å²) >= 11 is 0. The lowest BCUT2D eigenvalue weighted by molar-refractivity contribution is -0.139. The molecule has 1 fully saturated rings. The van der Waals surface area contributed by atoms with Crippen molar-refractivity contribution in [1.29, 1.82) is 0 Å². The van der Waals surface area contributed by atoms with Crippen molar-refractivity contribution in [3.8, 4) is 0 Å². The second kappa shape index (κ2) is 6.44. The van der Waals surface area contributed by atoms with E-state index in [1.807, 2.05) is 13.8 Å². The van der Waals surface area contributed by atoms with E-state index in [0.717, 1.165) is 6.42 Å². The van der Waals surface area contributed by atoms with E-state index < -0.39 is 12.0 Å². The molecule has 6 nitrogen and oxygen atoms in total. The van der Waals surface area contributed by atoms with Gasteiger partial charge in [0.1, 0.15) is 6.04 Å². The molecule has 98 valence electrons. The van der Waals surface area contributed by atoms with Gasteiger partial charge in [0.2, 0.25) is 0 Å². The van der Waals surface area contributed by atoms with Crippen LogP contribution in [0.3, 0.4) is 0 Å². The zero-order valence-corrected chi connectivity index (χ0v) is 10.3. The third-order valence-corrected chi connectivity index (χ3v) is 2.80. The highest BCUT2D eigenvalue weighted by Crippen LogP contribution is 2.07. The molecule has 1 aliphatic rings. The second-order valence-electron chi connectivity index (χ2n) is 4.25. The summed E-state index contributed by atoms with van der Waals surface area (Å²) in [6, 6.07) is -1.14. The van der Waals surface area contributed by atoms with Crippen LogP contribution in [0, 0.1) is 0 Å². The number of hydrogen-bond donors (Lipinski definition) is 2. The van der Waals surface area contributed by atoms with Gasteiger partial charge in [0, 0.05) is 6.54 Å². The zero-order valence-electron chi connectivity index (χ0n) is 10.3. The number of ether oxygens (including phenoxy) is 1. The van der Waals surface area contributed by atoms with Gasteiger partial charge >= 0.3 is 12.0 Å². The Bertz CT molecular complexity index is 283. The fourth-order valence-electron chi connectivity index (χ4n) is 1.81. The number of urea groups is 1. The van der Waals surface area contributed by atoms with Crippen molar-refractivity contribution < 1.29 is 19.4 Å². The van der Waals surface area contributed by atoms with Crippen molar-refractivity contribution in [3.05, 3.63) is 0 Å². The maximum Gasteiger partial charge on any atom is 0.326 e. The first kappa shape index (κ1) is 13.8. The Labute approximate surface area is 101 Å². The molecule has 1 rings (SSSR count). The van der Waals surface area contributed by atoms with E-state index >= 15 is 0 Å². The molecule has 0 aliphatic carbocycles. The highest BCUT2D eigenvalue weighted by Gasteiger charge is 2.27. The number of carbonyl (C=O) groups excluding carboxylic acids is 1. The first-order valence-corrected chi connectivity index (χ1v) is 5.94. The topological polar surface area (TPSA) is 78.9 Å². The number of carbonyl (C=O) groups is 2. The van der Waals surface area contributed by atoms with Gasteiger partial charge in [0.25, 0.3) is 0 Å². The normalized spacial score (nSPS) is 22.0. The number of morpholine rings is 1. The number of rotatable bonds is 4. The average Bonchev–Trinajstić information content (AvgIpc) is 2.28. The monoisotopic (exact) mass is 244 g/mol. The smallest absolute Gasteiger partial charge is 0.326 e. The largest absolute Gasteiger partial charge is 0.480 e. The van der Waals surface area contributed by atoms with Gasteiger partial charge < -0.3 is 20.1 Å². The first-order chi connectivity index (χ1) is 8.06. The maximum atomic E-state index is 11.9. The average molecular weight is 244 g/mol. The Hall–Kier alpha value is -1.30. The van der Waals surface area contributed by atoms with Gasteiger partial charge in [-0.1, -0.05) is 13.3 Å². The highest BCUT2D eigenvalue weighted by molar-refractivity contribution is 5.82. The molecule has 1 heterocycles. The van der Waals surface area contributed by atoms with Crippen molar-refractivity contribution in [2.24, 2.45) is 0 Å². The lowest BCUT2D eigenvalue weighted by Crippen LogP contribution is -2.54. The summed E-state index contributed by atoms with van der Waals surface area (Å²) in [4.78, 5) is 24.4. The van der Waals surface area contributed by atoms with E-state index in [1.165, 1.54) is 0 Å². The van der Waals surface area contributed by atoms with Crippen LogP contribution in [0.4, 0.5) is 4.79 Å². The van der Waals surface area contributed by atoms with Crippen LogP contribution in [0.25, 0.3) is 0 Å². The summed E-state index contributed by atoms with van der Waals surface area (Å²) in [5, 5.41) is 11.5. The second-order valence-corrected chi connectivity index (χ2v) is 4.25. The van der Waals surface area contributed by atoms with E-state index in [-0.39, 0.29) is 12.1 Å². The third-order valence-electron chi connectivity index (χ3n) is 2.80. The summed E-state index contributed by atoms with van der Waals surface area (Å²) in [5.41, 5.74) is 0. The standard InChI is InChI=1S/C11H20N2O4/c1-3-4-9(10(14)15)12-11(16)13-5-6-17-7-8(13)2/h8-9H,3-7H2,1-2H3,(H,12,16)(H,14,15)/t8?,9-/m0/s1. The molecule has 6 heteroatoms. The summed E-state index contributed by atoms with van der Waals surface area (Å²) < 4.78 is 5.22. The first-order valence-electron chi connectivity index (χ1n) is 5.94. The molecule has 0 radical (unpaired) electrons. The fraction of sp³-hybridized carbons (Fsp3) is 0.818. The minimum Gasteiger partial charge on any atom is -0.480 e. The number of nitrogens with one attached hydrogen (secondary N) is 1. The summed E-state index contributed by atoms with van der Waals surface area (Å²) in [7, 11) is 0. The minimum atomic E-state index is -0.985. The van der Waals surface area contributed by atoms with E-state index in [1.54, 1.807) is 4.90 Å². The fourth-order valence-corrected chi connectivity index (χ4v) is 1.81. The molecule has 2 N–H and O–H groups in total. The highest BCUT2D eigenvalue weighted by atomic mass is 16.5. The predicted octanol–water partition coefficient (Wildman–Crippen LogP) is 0.670. The van der Waals surface area contributed by atoms with E-state index in [9.17, 15) is 9.59 Å². The number of hydrogen-bond acceptors (Lipinski definition) is 3. The van der Waals surface area contributed by atoms with E-state index in [4.69, 9.17) is 9.84 Å². The van der Waals surface area contributed by atoms with Crippen LogP contribution in [-0.4, -0.2) is 53.8 Å². The van der Waals surface area contributed by atoms with Crippen molar-refractivity contribution in [2.75, 3.05) is 19.8 Å². The number of aliphatic carboxylic acids is 1. The van der Waals surface area contributed by atoms with Crippen molar-refractivity contribution >= 4 is 12.0 Å². The van der Waals surface area contributed by atoms with Gasteiger partial charge in [-0.25, -0.2) is 9.59 Å². The molecule has 1 unspecified atom stereocenters. The number of amides is 2. The molecule has 0 aromatic rings. The molecule has 2 atom stereocenters. The van der Waals surface area contributed by atoms with Crippen LogP contribution in [-0.2, 0) is 9.53 Å². The van der Waals surface area contributed by atoms with Crippen LogP contribution < -0.4 is 5.32 Å². The molecule has 0 saturated carbocycles. The number of carboxylic acids is 1. The molecule has 2 amide bonds. The lowest BCUT2D eigenvalue weighted by Gasteiger charge is -2.34. The van der Waals surface area contributed by atoms with Gasteiger partial charge in [0.05, 0.1) is 19.3 Å². The summed E-state index contributed by atoms with van der Waals surface area (Å²) in [6.07, 6.45) is 1.16. The SMILES string of the molecule is CCC[C@H](NC(=O)N1CCOCC1C)C(=O)O. The van der Waals surface area contributed by atoms with Crippen LogP contribution in [0.2, 0.25) is 0 Å². The molecule has 1 saturated heterocycles. The molecule has 0 bridgehead atoms.